The second-order valence-electron chi connectivity index (χ2n) is 6.86. The number of non-ortho nitro benzene ring substituents is 1. The maximum absolute atomic E-state index is 14.3. The van der Waals surface area contributed by atoms with Crippen LogP contribution >= 0.6 is 0 Å². The molecule has 0 amide bonds. The zero-order valence-corrected chi connectivity index (χ0v) is 17.4. The van der Waals surface area contributed by atoms with E-state index in [1.807, 2.05) is 6.07 Å². The Bertz CT molecular complexity index is 1090. The van der Waals surface area contributed by atoms with E-state index in [4.69, 9.17) is 18.9 Å². The first-order valence-corrected chi connectivity index (χ1v) is 9.68. The molecular formula is C23H21FN2O6. The lowest BCUT2D eigenvalue weighted by atomic mass is 9.99. The zero-order valence-electron chi connectivity index (χ0n) is 17.4. The number of halogens is 1. The smallest absolute Gasteiger partial charge is 0.272 e. The molecule has 1 aliphatic heterocycles. The quantitative estimate of drug-likeness (QED) is 0.263. The van der Waals surface area contributed by atoms with Gasteiger partial charge in [-0.25, -0.2) is 4.39 Å². The summed E-state index contributed by atoms with van der Waals surface area (Å²) in [6.07, 6.45) is 1.24. The van der Waals surface area contributed by atoms with E-state index in [0.29, 0.717) is 49.1 Å². The minimum absolute atomic E-state index is 0.0175. The molecule has 8 nitrogen and oxygen atoms in total. The lowest BCUT2D eigenvalue weighted by molar-refractivity contribution is -0.385. The molecule has 166 valence electrons. The molecule has 2 aromatic carbocycles. The van der Waals surface area contributed by atoms with Crippen molar-refractivity contribution in [1.29, 1.82) is 5.26 Å². The van der Waals surface area contributed by atoms with Gasteiger partial charge in [0.2, 0.25) is 0 Å². The van der Waals surface area contributed by atoms with Crippen LogP contribution in [0.4, 0.5) is 10.1 Å². The highest BCUT2D eigenvalue weighted by Gasteiger charge is 2.17. The van der Waals surface area contributed by atoms with E-state index in [2.05, 4.69) is 6.58 Å². The van der Waals surface area contributed by atoms with Crippen molar-refractivity contribution in [3.8, 4) is 17.6 Å². The number of nitro benzene ring substituents is 1. The molecule has 0 saturated carbocycles. The van der Waals surface area contributed by atoms with Crippen LogP contribution in [0.15, 0.2) is 49.1 Å². The first-order valence-electron chi connectivity index (χ1n) is 9.68. The standard InChI is InChI=1S/C23H21FN2O6/c1-15(9-17(12-25)20-5-4-18(26(27)28)11-21(20)24)16-3-6-22(23(10-16)29-2)32-14-19-13-30-7-8-31-19/h3-6,9-11,19H,1,7-8,13-14H2,2H3/b17-9+/t19-/m1/s1. The molecule has 1 heterocycles. The van der Waals surface area contributed by atoms with Crippen molar-refractivity contribution >= 4 is 16.8 Å². The molecule has 1 aliphatic rings. The third-order valence-corrected chi connectivity index (χ3v) is 4.74. The highest BCUT2D eigenvalue weighted by Crippen LogP contribution is 2.32. The summed E-state index contributed by atoms with van der Waals surface area (Å²) in [6.45, 7) is 5.79. The van der Waals surface area contributed by atoms with Crippen LogP contribution in [0.3, 0.4) is 0 Å². The number of hydrogen-bond donors (Lipinski definition) is 0. The van der Waals surface area contributed by atoms with Gasteiger partial charge < -0.3 is 18.9 Å². The number of nitro groups is 1. The number of rotatable bonds is 8. The van der Waals surface area contributed by atoms with Crippen molar-refractivity contribution in [2.45, 2.75) is 6.10 Å². The van der Waals surface area contributed by atoms with E-state index in [-0.39, 0.29) is 17.2 Å². The monoisotopic (exact) mass is 440 g/mol. The average Bonchev–Trinajstić information content (AvgIpc) is 2.81. The largest absolute Gasteiger partial charge is 0.493 e. The van der Waals surface area contributed by atoms with Crippen molar-refractivity contribution in [1.82, 2.24) is 0 Å². The molecule has 9 heteroatoms. The van der Waals surface area contributed by atoms with Crippen LogP contribution in [0.1, 0.15) is 11.1 Å². The van der Waals surface area contributed by atoms with Crippen LogP contribution in [0.5, 0.6) is 11.5 Å². The lowest BCUT2D eigenvalue weighted by Crippen LogP contribution is -2.33. The second kappa shape index (κ2) is 10.5. The molecule has 0 bridgehead atoms. The summed E-state index contributed by atoms with van der Waals surface area (Å²) in [5.41, 5.74) is 0.583. The summed E-state index contributed by atoms with van der Waals surface area (Å²) < 4.78 is 36.4. The van der Waals surface area contributed by atoms with Crippen molar-refractivity contribution in [3.05, 3.63) is 76.1 Å². The lowest BCUT2D eigenvalue weighted by Gasteiger charge is -2.23. The SMILES string of the molecule is C=C(/C=C(\C#N)c1ccc([N+](=O)[O-])cc1F)c1ccc(OC[C@H]2COCCO2)c(OC)c1. The van der Waals surface area contributed by atoms with E-state index in [9.17, 15) is 19.8 Å². The summed E-state index contributed by atoms with van der Waals surface area (Å²) in [4.78, 5) is 10.1. The first-order chi connectivity index (χ1) is 15.4. The highest BCUT2D eigenvalue weighted by molar-refractivity contribution is 5.88. The Labute approximate surface area is 184 Å². The van der Waals surface area contributed by atoms with Gasteiger partial charge in [0, 0.05) is 11.6 Å². The van der Waals surface area contributed by atoms with Gasteiger partial charge in [-0.15, -0.1) is 0 Å². The number of benzene rings is 2. The maximum atomic E-state index is 14.3. The minimum atomic E-state index is -0.866. The molecule has 2 aromatic rings. The molecular weight excluding hydrogens is 419 g/mol. The zero-order chi connectivity index (χ0) is 23.1. The topological polar surface area (TPSA) is 104 Å². The van der Waals surface area contributed by atoms with E-state index >= 15 is 0 Å². The summed E-state index contributed by atoms with van der Waals surface area (Å²) in [5, 5.41) is 20.3. The number of hydrogen-bond acceptors (Lipinski definition) is 7. The van der Waals surface area contributed by atoms with Crippen LogP contribution in [0.2, 0.25) is 0 Å². The number of nitrogens with zero attached hydrogens (tertiary/aromatic N) is 2. The number of nitriles is 1. The Balaban J connectivity index is 1.79. The molecule has 0 unspecified atom stereocenters. The second-order valence-corrected chi connectivity index (χ2v) is 6.86. The van der Waals surface area contributed by atoms with Gasteiger partial charge in [0.1, 0.15) is 18.5 Å². The fourth-order valence-corrected chi connectivity index (χ4v) is 3.07. The van der Waals surface area contributed by atoms with Crippen molar-refractivity contribution in [2.75, 3.05) is 33.5 Å². The Morgan fingerprint density at radius 3 is 2.78 bits per heavy atom. The van der Waals surface area contributed by atoms with Crippen LogP contribution in [-0.2, 0) is 9.47 Å². The fraction of sp³-hybridized carbons (Fsp3) is 0.261. The van der Waals surface area contributed by atoms with Crippen molar-refractivity contribution in [3.63, 3.8) is 0 Å². The van der Waals surface area contributed by atoms with Crippen LogP contribution < -0.4 is 9.47 Å². The number of allylic oxidation sites excluding steroid dienone is 3. The van der Waals surface area contributed by atoms with Crippen molar-refractivity contribution in [2.24, 2.45) is 0 Å². The molecule has 32 heavy (non-hydrogen) atoms. The summed E-state index contributed by atoms with van der Waals surface area (Å²) in [6, 6.07) is 10.2. The minimum Gasteiger partial charge on any atom is -0.493 e. The normalized spacial score (nSPS) is 16.2. The summed E-state index contributed by atoms with van der Waals surface area (Å²) in [7, 11) is 1.50. The van der Waals surface area contributed by atoms with Gasteiger partial charge in [0.15, 0.2) is 11.5 Å². The van der Waals surface area contributed by atoms with Crippen LogP contribution in [-0.4, -0.2) is 44.6 Å². The Kier molecular flexibility index (Phi) is 7.54. The molecule has 0 aromatic heterocycles. The molecule has 0 spiro atoms. The van der Waals surface area contributed by atoms with Gasteiger partial charge >= 0.3 is 0 Å². The third kappa shape index (κ3) is 5.49. The van der Waals surface area contributed by atoms with E-state index in [0.717, 1.165) is 12.1 Å². The summed E-state index contributed by atoms with van der Waals surface area (Å²) in [5.74, 6) is 0.0907. The average molecular weight is 440 g/mol. The fourth-order valence-electron chi connectivity index (χ4n) is 3.07. The Morgan fingerprint density at radius 2 is 2.16 bits per heavy atom. The van der Waals surface area contributed by atoms with E-state index < -0.39 is 16.4 Å². The molecule has 1 saturated heterocycles. The third-order valence-electron chi connectivity index (χ3n) is 4.74. The molecule has 3 rings (SSSR count). The predicted octanol–water partition coefficient (Wildman–Crippen LogP) is 4.16. The molecule has 1 fully saturated rings. The number of methoxy groups -OCH3 is 1. The van der Waals surface area contributed by atoms with Gasteiger partial charge in [-0.05, 0) is 35.4 Å². The van der Waals surface area contributed by atoms with E-state index in [1.165, 1.54) is 19.3 Å². The number of ether oxygens (including phenoxy) is 4. The van der Waals surface area contributed by atoms with E-state index in [1.54, 1.807) is 18.2 Å². The van der Waals surface area contributed by atoms with Crippen LogP contribution in [0.25, 0.3) is 11.1 Å². The first kappa shape index (κ1) is 22.9. The predicted molar refractivity (Wildman–Crippen MR) is 115 cm³/mol. The van der Waals surface area contributed by atoms with Crippen LogP contribution in [0, 0.1) is 27.3 Å². The molecule has 0 radical (unpaired) electrons. The van der Waals surface area contributed by atoms with Gasteiger partial charge in [-0.3, -0.25) is 10.1 Å². The molecule has 0 N–H and O–H groups in total. The van der Waals surface area contributed by atoms with Gasteiger partial charge in [-0.2, -0.15) is 5.26 Å². The van der Waals surface area contributed by atoms with Gasteiger partial charge in [0.25, 0.3) is 5.69 Å². The maximum Gasteiger partial charge on any atom is 0.272 e. The molecule has 0 aliphatic carbocycles. The Hall–Kier alpha value is -3.74. The van der Waals surface area contributed by atoms with Gasteiger partial charge in [-0.1, -0.05) is 12.6 Å². The Morgan fingerprint density at radius 1 is 1.34 bits per heavy atom. The van der Waals surface area contributed by atoms with Crippen molar-refractivity contribution < 1.29 is 28.3 Å². The highest BCUT2D eigenvalue weighted by atomic mass is 19.1. The summed E-state index contributed by atoms with van der Waals surface area (Å²) >= 11 is 0. The van der Waals surface area contributed by atoms with Gasteiger partial charge in [0.05, 0.1) is 49.6 Å². The molecule has 1 atom stereocenters.